The smallest absolute Gasteiger partial charge is 0.331 e. The molecule has 1 aliphatic carbocycles. The summed E-state index contributed by atoms with van der Waals surface area (Å²) in [5.41, 5.74) is -0.0871. The Morgan fingerprint density at radius 3 is 2.69 bits per heavy atom. The van der Waals surface area contributed by atoms with Gasteiger partial charge < -0.3 is 5.11 Å². The molecule has 1 aromatic carbocycles. The van der Waals surface area contributed by atoms with Crippen molar-refractivity contribution in [1.29, 1.82) is 0 Å². The first kappa shape index (κ1) is 18.5. The number of rotatable bonds is 4. The van der Waals surface area contributed by atoms with Crippen molar-refractivity contribution in [1.82, 2.24) is 4.98 Å². The van der Waals surface area contributed by atoms with E-state index in [2.05, 4.69) is 4.98 Å². The van der Waals surface area contributed by atoms with Crippen molar-refractivity contribution in [3.05, 3.63) is 64.5 Å². The second-order valence-electron chi connectivity index (χ2n) is 6.48. The molecule has 0 fully saturated rings. The SMILES string of the molecule is C[C@H](O)c1cccc2c1C(F)(F)C(=O)CC2Cc1ccnc(C(F)F)c1. The van der Waals surface area contributed by atoms with E-state index in [-0.39, 0.29) is 17.5 Å². The maximum Gasteiger partial charge on any atom is 0.331 e. The lowest BCUT2D eigenvalue weighted by Crippen LogP contribution is -2.36. The first-order valence-corrected chi connectivity index (χ1v) is 8.17. The molecule has 1 heterocycles. The molecule has 1 N–H and O–H groups in total. The van der Waals surface area contributed by atoms with Gasteiger partial charge in [-0.2, -0.15) is 8.78 Å². The van der Waals surface area contributed by atoms with E-state index < -0.39 is 47.8 Å². The Balaban J connectivity index is 2.05. The summed E-state index contributed by atoms with van der Waals surface area (Å²) >= 11 is 0. The molecule has 0 radical (unpaired) electrons. The third-order valence-corrected chi connectivity index (χ3v) is 4.67. The second-order valence-corrected chi connectivity index (χ2v) is 6.48. The van der Waals surface area contributed by atoms with Gasteiger partial charge in [-0.05, 0) is 48.1 Å². The Morgan fingerprint density at radius 1 is 1.31 bits per heavy atom. The molecule has 138 valence electrons. The summed E-state index contributed by atoms with van der Waals surface area (Å²) in [5.74, 6) is -5.49. The van der Waals surface area contributed by atoms with E-state index in [1.165, 1.54) is 37.4 Å². The van der Waals surface area contributed by atoms with Crippen LogP contribution < -0.4 is 0 Å². The highest BCUT2D eigenvalue weighted by atomic mass is 19.3. The molecule has 0 aliphatic heterocycles. The zero-order chi connectivity index (χ0) is 19.1. The van der Waals surface area contributed by atoms with E-state index in [1.807, 2.05) is 0 Å². The zero-order valence-corrected chi connectivity index (χ0v) is 13.9. The molecule has 7 heteroatoms. The van der Waals surface area contributed by atoms with Crippen LogP contribution in [0.4, 0.5) is 17.6 Å². The van der Waals surface area contributed by atoms with Crippen LogP contribution in [-0.2, 0) is 17.1 Å². The summed E-state index contributed by atoms with van der Waals surface area (Å²) in [6, 6.07) is 7.17. The average molecular weight is 367 g/mol. The zero-order valence-electron chi connectivity index (χ0n) is 13.9. The van der Waals surface area contributed by atoms with Crippen LogP contribution in [0.1, 0.15) is 59.7 Å². The lowest BCUT2D eigenvalue weighted by molar-refractivity contribution is -0.146. The van der Waals surface area contributed by atoms with Crippen LogP contribution in [0.15, 0.2) is 36.5 Å². The van der Waals surface area contributed by atoms with Crippen molar-refractivity contribution >= 4 is 5.78 Å². The largest absolute Gasteiger partial charge is 0.389 e. The van der Waals surface area contributed by atoms with Gasteiger partial charge in [0.15, 0.2) is 0 Å². The minimum atomic E-state index is -3.67. The summed E-state index contributed by atoms with van der Waals surface area (Å²) in [6.07, 6.45) is -2.89. The van der Waals surface area contributed by atoms with Gasteiger partial charge in [0.1, 0.15) is 5.69 Å². The van der Waals surface area contributed by atoms with Crippen LogP contribution in [0.2, 0.25) is 0 Å². The van der Waals surface area contributed by atoms with Crippen LogP contribution in [0, 0.1) is 0 Å². The second kappa shape index (κ2) is 6.79. The summed E-state index contributed by atoms with van der Waals surface area (Å²) < 4.78 is 54.7. The number of benzene rings is 1. The number of ketones is 1. The number of aliphatic hydroxyl groups excluding tert-OH is 1. The summed E-state index contributed by atoms with van der Waals surface area (Å²) in [7, 11) is 0. The number of aromatic nitrogens is 1. The number of pyridine rings is 1. The van der Waals surface area contributed by atoms with Crippen LogP contribution in [0.3, 0.4) is 0 Å². The van der Waals surface area contributed by atoms with Crippen molar-refractivity contribution in [2.45, 2.75) is 44.1 Å². The molecule has 3 nitrogen and oxygen atoms in total. The first-order valence-electron chi connectivity index (χ1n) is 8.17. The van der Waals surface area contributed by atoms with E-state index in [0.29, 0.717) is 5.56 Å². The van der Waals surface area contributed by atoms with Gasteiger partial charge in [0.2, 0.25) is 5.78 Å². The number of carbonyl (C=O) groups is 1. The topological polar surface area (TPSA) is 50.2 Å². The van der Waals surface area contributed by atoms with Crippen molar-refractivity contribution in [3.63, 3.8) is 0 Å². The number of aliphatic hydroxyl groups is 1. The molecule has 1 aliphatic rings. The minimum absolute atomic E-state index is 0.00791. The van der Waals surface area contributed by atoms with Gasteiger partial charge in [-0.3, -0.25) is 9.78 Å². The highest BCUT2D eigenvalue weighted by molar-refractivity contribution is 5.90. The molecule has 26 heavy (non-hydrogen) atoms. The fraction of sp³-hybridized carbons (Fsp3) is 0.368. The van der Waals surface area contributed by atoms with E-state index in [9.17, 15) is 27.5 Å². The standard InChI is InChI=1S/C19H17F4NO2/c1-10(25)13-3-2-4-14-12(9-16(26)19(22,23)17(13)14)7-11-5-6-24-15(8-11)18(20)21/h2-6,8,10,12,18,25H,7,9H2,1H3/t10-,12?/m0/s1. The van der Waals surface area contributed by atoms with Gasteiger partial charge in [-0.25, -0.2) is 8.78 Å². The van der Waals surface area contributed by atoms with E-state index in [4.69, 9.17) is 0 Å². The molecule has 2 aromatic rings. The van der Waals surface area contributed by atoms with Gasteiger partial charge in [0.25, 0.3) is 6.43 Å². The summed E-state index contributed by atoms with van der Waals surface area (Å²) in [5, 5.41) is 9.84. The molecule has 1 aromatic heterocycles. The maximum absolute atomic E-state index is 14.5. The van der Waals surface area contributed by atoms with Gasteiger partial charge in [-0.15, -0.1) is 0 Å². The maximum atomic E-state index is 14.5. The van der Waals surface area contributed by atoms with Crippen molar-refractivity contribution in [3.8, 4) is 0 Å². The predicted molar refractivity (Wildman–Crippen MR) is 86.2 cm³/mol. The quantitative estimate of drug-likeness (QED) is 0.812. The number of hydrogen-bond acceptors (Lipinski definition) is 3. The van der Waals surface area contributed by atoms with E-state index in [0.717, 1.165) is 0 Å². The Labute approximate surface area is 147 Å². The third-order valence-electron chi connectivity index (χ3n) is 4.67. The molecular formula is C19H17F4NO2. The molecule has 3 rings (SSSR count). The Morgan fingerprint density at radius 2 is 2.04 bits per heavy atom. The molecular weight excluding hydrogens is 350 g/mol. The van der Waals surface area contributed by atoms with Crippen LogP contribution in [-0.4, -0.2) is 15.9 Å². The molecule has 0 saturated carbocycles. The summed E-state index contributed by atoms with van der Waals surface area (Å²) in [6.45, 7) is 1.36. The van der Waals surface area contributed by atoms with Crippen LogP contribution in [0.5, 0.6) is 0 Å². The number of fused-ring (bicyclic) bond motifs is 1. The monoisotopic (exact) mass is 367 g/mol. The molecule has 2 atom stereocenters. The number of carbonyl (C=O) groups excluding carboxylic acids is 1. The van der Waals surface area contributed by atoms with Crippen molar-refractivity contribution < 1.29 is 27.5 Å². The van der Waals surface area contributed by atoms with Crippen LogP contribution >= 0.6 is 0 Å². The van der Waals surface area contributed by atoms with Gasteiger partial charge in [0.05, 0.1) is 6.10 Å². The molecule has 0 saturated heterocycles. The number of hydrogen-bond donors (Lipinski definition) is 1. The number of alkyl halides is 4. The Bertz CT molecular complexity index is 836. The van der Waals surface area contributed by atoms with Gasteiger partial charge >= 0.3 is 5.92 Å². The molecule has 0 spiro atoms. The van der Waals surface area contributed by atoms with Crippen molar-refractivity contribution in [2.75, 3.05) is 0 Å². The fourth-order valence-corrected chi connectivity index (χ4v) is 3.45. The normalized spacial score (nSPS) is 20.1. The lowest BCUT2D eigenvalue weighted by atomic mass is 9.75. The minimum Gasteiger partial charge on any atom is -0.389 e. The molecule has 0 bridgehead atoms. The highest BCUT2D eigenvalue weighted by Crippen LogP contribution is 2.46. The van der Waals surface area contributed by atoms with E-state index >= 15 is 0 Å². The van der Waals surface area contributed by atoms with Crippen molar-refractivity contribution in [2.24, 2.45) is 0 Å². The first-order chi connectivity index (χ1) is 12.2. The lowest BCUT2D eigenvalue weighted by Gasteiger charge is -2.32. The predicted octanol–water partition coefficient (Wildman–Crippen LogP) is 4.46. The third kappa shape index (κ3) is 3.23. The highest BCUT2D eigenvalue weighted by Gasteiger charge is 2.49. The Kier molecular flexibility index (Phi) is 4.84. The Hall–Kier alpha value is -2.28. The number of halogens is 4. The number of Topliss-reactive ketones (excluding diaryl/α,β-unsaturated/α-hetero) is 1. The number of nitrogens with zero attached hydrogens (tertiary/aromatic N) is 1. The van der Waals surface area contributed by atoms with Gasteiger partial charge in [0, 0.05) is 18.2 Å². The molecule has 0 amide bonds. The average Bonchev–Trinajstić information content (AvgIpc) is 2.59. The van der Waals surface area contributed by atoms with Gasteiger partial charge in [-0.1, -0.05) is 18.2 Å². The van der Waals surface area contributed by atoms with E-state index in [1.54, 1.807) is 6.07 Å². The van der Waals surface area contributed by atoms with Crippen LogP contribution in [0.25, 0.3) is 0 Å². The summed E-state index contributed by atoms with van der Waals surface area (Å²) in [4.78, 5) is 15.6. The fourth-order valence-electron chi connectivity index (χ4n) is 3.45. The molecule has 1 unspecified atom stereocenters.